The quantitative estimate of drug-likeness (QED) is 0.836. The fourth-order valence-electron chi connectivity index (χ4n) is 2.93. The fourth-order valence-corrected chi connectivity index (χ4v) is 2.93. The molecule has 26 heavy (non-hydrogen) atoms. The van der Waals surface area contributed by atoms with Gasteiger partial charge in [-0.05, 0) is 24.6 Å². The summed E-state index contributed by atoms with van der Waals surface area (Å²) in [5.41, 5.74) is 0.996. The predicted molar refractivity (Wildman–Crippen MR) is 96.3 cm³/mol. The van der Waals surface area contributed by atoms with Gasteiger partial charge in [0.05, 0.1) is 20.3 Å². The standard InChI is InChI=1S/C19H25N3O4/c1-15-4-3-5-17(8-15)26-14-19(23)12-22(6-7-25-13-19)11-16-9-20-18(24-2)21-10-16/h3-5,8-10,23H,6-7,11-14H2,1-2H3/t19-/m0/s1. The van der Waals surface area contributed by atoms with E-state index in [1.807, 2.05) is 31.2 Å². The second kappa shape index (κ2) is 8.44. The highest BCUT2D eigenvalue weighted by Gasteiger charge is 2.33. The lowest BCUT2D eigenvalue weighted by Crippen LogP contribution is -2.48. The van der Waals surface area contributed by atoms with E-state index in [-0.39, 0.29) is 13.2 Å². The van der Waals surface area contributed by atoms with E-state index in [2.05, 4.69) is 14.9 Å². The number of benzene rings is 1. The summed E-state index contributed by atoms with van der Waals surface area (Å²) in [6.45, 7) is 4.78. The van der Waals surface area contributed by atoms with Crippen molar-refractivity contribution in [2.45, 2.75) is 19.1 Å². The SMILES string of the molecule is COc1ncc(CN2CCOC[C@](O)(COc3cccc(C)c3)C2)cn1. The minimum Gasteiger partial charge on any atom is -0.490 e. The van der Waals surface area contributed by atoms with Gasteiger partial charge in [0.25, 0.3) is 0 Å². The van der Waals surface area contributed by atoms with Gasteiger partial charge in [-0.15, -0.1) is 0 Å². The topological polar surface area (TPSA) is 76.9 Å². The molecule has 7 nitrogen and oxygen atoms in total. The minimum atomic E-state index is -1.08. The Hall–Kier alpha value is -2.22. The Morgan fingerprint density at radius 2 is 2.12 bits per heavy atom. The van der Waals surface area contributed by atoms with Crippen LogP contribution in [0.5, 0.6) is 11.8 Å². The molecule has 7 heteroatoms. The van der Waals surface area contributed by atoms with Gasteiger partial charge in [0.1, 0.15) is 18.0 Å². The maximum absolute atomic E-state index is 11.0. The molecule has 140 valence electrons. The summed E-state index contributed by atoms with van der Waals surface area (Å²) in [4.78, 5) is 10.4. The molecule has 0 bridgehead atoms. The van der Waals surface area contributed by atoms with Crippen LogP contribution in [-0.4, -0.2) is 65.6 Å². The zero-order valence-corrected chi connectivity index (χ0v) is 15.2. The summed E-state index contributed by atoms with van der Waals surface area (Å²) in [5.74, 6) is 0.748. The van der Waals surface area contributed by atoms with Crippen molar-refractivity contribution in [1.82, 2.24) is 14.9 Å². The van der Waals surface area contributed by atoms with E-state index in [9.17, 15) is 5.11 Å². The largest absolute Gasteiger partial charge is 0.490 e. The number of β-amino-alcohol motifs (C(OH)–C–C–N with tert-alkyl or cyclic N) is 1. The van der Waals surface area contributed by atoms with Crippen LogP contribution in [0.15, 0.2) is 36.7 Å². The molecule has 1 aliphatic rings. The third-order valence-electron chi connectivity index (χ3n) is 4.21. The summed E-state index contributed by atoms with van der Waals surface area (Å²) >= 11 is 0. The molecule has 0 saturated carbocycles. The molecule has 2 aromatic rings. The highest BCUT2D eigenvalue weighted by molar-refractivity contribution is 5.27. The Morgan fingerprint density at radius 1 is 1.31 bits per heavy atom. The van der Waals surface area contributed by atoms with Crippen molar-refractivity contribution in [1.29, 1.82) is 0 Å². The molecule has 1 atom stereocenters. The van der Waals surface area contributed by atoms with Crippen LogP contribution in [0.4, 0.5) is 0 Å². The molecule has 0 unspecified atom stereocenters. The van der Waals surface area contributed by atoms with E-state index in [0.29, 0.717) is 25.7 Å². The van der Waals surface area contributed by atoms with Crippen molar-refractivity contribution < 1.29 is 19.3 Å². The first-order valence-corrected chi connectivity index (χ1v) is 8.63. The normalized spacial score (nSPS) is 21.2. The predicted octanol–water partition coefficient (Wildman–Crippen LogP) is 1.44. The average Bonchev–Trinajstić information content (AvgIpc) is 2.82. The monoisotopic (exact) mass is 359 g/mol. The maximum atomic E-state index is 11.0. The van der Waals surface area contributed by atoms with E-state index in [1.54, 1.807) is 12.4 Å². The van der Waals surface area contributed by atoms with Crippen molar-refractivity contribution in [3.8, 4) is 11.8 Å². The molecule has 1 aromatic heterocycles. The van der Waals surface area contributed by atoms with Crippen LogP contribution in [0.3, 0.4) is 0 Å². The second-order valence-electron chi connectivity index (χ2n) is 6.67. The smallest absolute Gasteiger partial charge is 0.316 e. The van der Waals surface area contributed by atoms with Gasteiger partial charge < -0.3 is 19.3 Å². The van der Waals surface area contributed by atoms with Gasteiger partial charge in [-0.25, -0.2) is 9.97 Å². The van der Waals surface area contributed by atoms with Crippen molar-refractivity contribution in [2.75, 3.05) is 40.0 Å². The number of aryl methyl sites for hydroxylation is 1. The van der Waals surface area contributed by atoms with E-state index in [1.165, 1.54) is 7.11 Å². The molecule has 3 rings (SSSR count). The summed E-state index contributed by atoms with van der Waals surface area (Å²) in [7, 11) is 1.54. The van der Waals surface area contributed by atoms with Crippen molar-refractivity contribution >= 4 is 0 Å². The van der Waals surface area contributed by atoms with Gasteiger partial charge in [0.15, 0.2) is 0 Å². The van der Waals surface area contributed by atoms with Gasteiger partial charge in [-0.3, -0.25) is 4.90 Å². The number of hydrogen-bond donors (Lipinski definition) is 1. The molecule has 1 N–H and O–H groups in total. The first kappa shape index (κ1) is 18.6. The molecule has 0 aliphatic carbocycles. The lowest BCUT2D eigenvalue weighted by molar-refractivity contribution is -0.0646. The zero-order valence-electron chi connectivity index (χ0n) is 15.2. The van der Waals surface area contributed by atoms with E-state index in [4.69, 9.17) is 14.2 Å². The van der Waals surface area contributed by atoms with Crippen molar-refractivity contribution in [3.05, 3.63) is 47.8 Å². The Morgan fingerprint density at radius 3 is 2.85 bits per heavy atom. The van der Waals surface area contributed by atoms with Crippen LogP contribution in [0.2, 0.25) is 0 Å². The number of nitrogens with zero attached hydrogens (tertiary/aromatic N) is 3. The Balaban J connectivity index is 1.61. The number of ether oxygens (including phenoxy) is 3. The molecule has 1 aliphatic heterocycles. The van der Waals surface area contributed by atoms with Crippen molar-refractivity contribution in [2.24, 2.45) is 0 Å². The molecule has 0 radical (unpaired) electrons. The van der Waals surface area contributed by atoms with Crippen LogP contribution < -0.4 is 9.47 Å². The number of methoxy groups -OCH3 is 1. The van der Waals surface area contributed by atoms with E-state index in [0.717, 1.165) is 23.4 Å². The van der Waals surface area contributed by atoms with Crippen LogP contribution in [0, 0.1) is 6.92 Å². The molecule has 1 aromatic carbocycles. The van der Waals surface area contributed by atoms with Crippen LogP contribution in [0.1, 0.15) is 11.1 Å². The van der Waals surface area contributed by atoms with Crippen molar-refractivity contribution in [3.63, 3.8) is 0 Å². The molecular weight excluding hydrogens is 334 g/mol. The molecule has 0 spiro atoms. The molecule has 0 amide bonds. The third kappa shape index (κ3) is 5.14. The molecular formula is C19H25N3O4. The summed E-state index contributed by atoms with van der Waals surface area (Å²) in [5, 5.41) is 11.0. The summed E-state index contributed by atoms with van der Waals surface area (Å²) in [6.07, 6.45) is 3.47. The summed E-state index contributed by atoms with van der Waals surface area (Å²) < 4.78 is 16.4. The summed E-state index contributed by atoms with van der Waals surface area (Å²) in [6, 6.07) is 8.13. The maximum Gasteiger partial charge on any atom is 0.316 e. The minimum absolute atomic E-state index is 0.173. The zero-order chi connectivity index (χ0) is 18.4. The highest BCUT2D eigenvalue weighted by Crippen LogP contribution is 2.19. The highest BCUT2D eigenvalue weighted by atomic mass is 16.5. The number of aliphatic hydroxyl groups is 1. The number of aromatic nitrogens is 2. The van der Waals surface area contributed by atoms with Crippen LogP contribution in [0.25, 0.3) is 0 Å². The fraction of sp³-hybridized carbons (Fsp3) is 0.474. The molecule has 1 fully saturated rings. The molecule has 2 heterocycles. The van der Waals surface area contributed by atoms with Gasteiger partial charge in [0, 0.05) is 37.6 Å². The molecule has 1 saturated heterocycles. The van der Waals surface area contributed by atoms with Gasteiger partial charge >= 0.3 is 6.01 Å². The lowest BCUT2D eigenvalue weighted by atomic mass is 10.1. The van der Waals surface area contributed by atoms with E-state index >= 15 is 0 Å². The van der Waals surface area contributed by atoms with Gasteiger partial charge in [0.2, 0.25) is 0 Å². The third-order valence-corrected chi connectivity index (χ3v) is 4.21. The first-order valence-electron chi connectivity index (χ1n) is 8.63. The van der Waals surface area contributed by atoms with Crippen LogP contribution >= 0.6 is 0 Å². The lowest BCUT2D eigenvalue weighted by Gasteiger charge is -2.30. The Labute approximate surface area is 153 Å². The van der Waals surface area contributed by atoms with Gasteiger partial charge in [-0.1, -0.05) is 12.1 Å². The first-order chi connectivity index (χ1) is 12.6. The van der Waals surface area contributed by atoms with E-state index < -0.39 is 5.60 Å². The number of rotatable bonds is 6. The average molecular weight is 359 g/mol. The Bertz CT molecular complexity index is 710. The number of hydrogen-bond acceptors (Lipinski definition) is 7. The van der Waals surface area contributed by atoms with Crippen LogP contribution in [-0.2, 0) is 11.3 Å². The second-order valence-corrected chi connectivity index (χ2v) is 6.67. The Kier molecular flexibility index (Phi) is 6.03. The van der Waals surface area contributed by atoms with Gasteiger partial charge in [-0.2, -0.15) is 0 Å².